The Morgan fingerprint density at radius 1 is 1.35 bits per heavy atom. The largest absolute Gasteiger partial charge is 0.459 e. The second kappa shape index (κ2) is 6.56. The molecule has 0 aliphatic heterocycles. The monoisotopic (exact) mass is 297 g/mol. The highest BCUT2D eigenvalue weighted by atomic mass is 32.1. The molecule has 0 saturated carbocycles. The number of rotatable bonds is 5. The number of benzene rings is 1. The molecule has 3 nitrogen and oxygen atoms in total. The van der Waals surface area contributed by atoms with E-state index < -0.39 is 17.6 Å². The lowest BCUT2D eigenvalue weighted by Gasteiger charge is -2.03. The summed E-state index contributed by atoms with van der Waals surface area (Å²) < 4.78 is 30.8. The average Bonchev–Trinajstić information content (AvgIpc) is 2.89. The zero-order valence-electron chi connectivity index (χ0n) is 10.9. The SMILES string of the molecule is CCc1nc(COC(=O)Cc2ccc(F)c(F)c2)cs1. The number of thiazole rings is 1. The first-order valence-electron chi connectivity index (χ1n) is 6.11. The number of aryl methyl sites for hydroxylation is 1. The Morgan fingerprint density at radius 2 is 2.15 bits per heavy atom. The number of hydrogen-bond acceptors (Lipinski definition) is 4. The summed E-state index contributed by atoms with van der Waals surface area (Å²) >= 11 is 1.52. The van der Waals surface area contributed by atoms with E-state index in [0.29, 0.717) is 11.3 Å². The Labute approximate surface area is 119 Å². The zero-order chi connectivity index (χ0) is 14.5. The van der Waals surface area contributed by atoms with Crippen molar-refractivity contribution in [1.82, 2.24) is 4.98 Å². The minimum Gasteiger partial charge on any atom is -0.459 e. The smallest absolute Gasteiger partial charge is 0.310 e. The number of aromatic nitrogens is 1. The van der Waals surface area contributed by atoms with Gasteiger partial charge in [0.25, 0.3) is 0 Å². The molecule has 1 aromatic carbocycles. The Bertz CT molecular complexity index is 613. The first-order valence-corrected chi connectivity index (χ1v) is 6.99. The van der Waals surface area contributed by atoms with Crippen LogP contribution in [0.2, 0.25) is 0 Å². The summed E-state index contributed by atoms with van der Waals surface area (Å²) in [6, 6.07) is 3.35. The second-order valence-electron chi connectivity index (χ2n) is 4.17. The predicted molar refractivity (Wildman–Crippen MR) is 71.4 cm³/mol. The van der Waals surface area contributed by atoms with Gasteiger partial charge in [-0.05, 0) is 24.1 Å². The molecule has 1 heterocycles. The van der Waals surface area contributed by atoms with Gasteiger partial charge in [0.2, 0.25) is 0 Å². The summed E-state index contributed by atoms with van der Waals surface area (Å²) in [5, 5.41) is 2.82. The van der Waals surface area contributed by atoms with Crippen LogP contribution in [0, 0.1) is 11.6 Å². The van der Waals surface area contributed by atoms with Gasteiger partial charge in [-0.3, -0.25) is 4.79 Å². The number of nitrogens with zero attached hydrogens (tertiary/aromatic N) is 1. The topological polar surface area (TPSA) is 39.2 Å². The van der Waals surface area contributed by atoms with Gasteiger partial charge in [0, 0.05) is 5.38 Å². The van der Waals surface area contributed by atoms with Gasteiger partial charge in [-0.25, -0.2) is 13.8 Å². The molecule has 1 aromatic heterocycles. The Kier molecular flexibility index (Phi) is 4.79. The molecule has 106 valence electrons. The second-order valence-corrected chi connectivity index (χ2v) is 5.11. The fraction of sp³-hybridized carbons (Fsp3) is 0.286. The molecule has 0 amide bonds. The molecule has 0 fully saturated rings. The van der Waals surface area contributed by atoms with Crippen molar-refractivity contribution in [2.75, 3.05) is 0 Å². The van der Waals surface area contributed by atoms with Crippen molar-refractivity contribution in [2.24, 2.45) is 0 Å². The molecule has 0 aliphatic rings. The van der Waals surface area contributed by atoms with Gasteiger partial charge in [-0.2, -0.15) is 0 Å². The van der Waals surface area contributed by atoms with Crippen LogP contribution in [0.4, 0.5) is 8.78 Å². The predicted octanol–water partition coefficient (Wildman–Crippen LogP) is 3.27. The molecule has 0 unspecified atom stereocenters. The molecule has 20 heavy (non-hydrogen) atoms. The first-order chi connectivity index (χ1) is 9.58. The van der Waals surface area contributed by atoms with E-state index in [1.165, 1.54) is 17.4 Å². The van der Waals surface area contributed by atoms with E-state index in [4.69, 9.17) is 4.74 Å². The van der Waals surface area contributed by atoms with E-state index in [2.05, 4.69) is 4.98 Å². The number of carbonyl (C=O) groups is 1. The Balaban J connectivity index is 1.87. The molecule has 0 bridgehead atoms. The lowest BCUT2D eigenvalue weighted by Crippen LogP contribution is -2.08. The van der Waals surface area contributed by atoms with Crippen molar-refractivity contribution in [3.8, 4) is 0 Å². The molecule has 0 spiro atoms. The van der Waals surface area contributed by atoms with Gasteiger partial charge in [0.1, 0.15) is 6.61 Å². The summed E-state index contributed by atoms with van der Waals surface area (Å²) in [5.41, 5.74) is 1.08. The van der Waals surface area contributed by atoms with Gasteiger partial charge in [-0.15, -0.1) is 11.3 Å². The van der Waals surface area contributed by atoms with Crippen LogP contribution in [0.15, 0.2) is 23.6 Å². The van der Waals surface area contributed by atoms with Crippen LogP contribution in [0.25, 0.3) is 0 Å². The van der Waals surface area contributed by atoms with Crippen molar-refractivity contribution in [2.45, 2.75) is 26.4 Å². The van der Waals surface area contributed by atoms with Crippen LogP contribution in [-0.4, -0.2) is 11.0 Å². The normalized spacial score (nSPS) is 10.6. The molecular weight excluding hydrogens is 284 g/mol. The highest BCUT2D eigenvalue weighted by molar-refractivity contribution is 7.09. The Hall–Kier alpha value is -1.82. The summed E-state index contributed by atoms with van der Waals surface area (Å²) in [6.07, 6.45) is 0.745. The van der Waals surface area contributed by atoms with Crippen molar-refractivity contribution in [3.63, 3.8) is 0 Å². The van der Waals surface area contributed by atoms with Crippen molar-refractivity contribution in [3.05, 3.63) is 51.5 Å². The molecular formula is C14H13F2NO2S. The van der Waals surface area contributed by atoms with Crippen LogP contribution in [0.3, 0.4) is 0 Å². The number of ether oxygens (including phenoxy) is 1. The lowest BCUT2D eigenvalue weighted by molar-refractivity contribution is -0.144. The maximum atomic E-state index is 13.0. The maximum absolute atomic E-state index is 13.0. The first kappa shape index (κ1) is 14.6. The molecule has 0 saturated heterocycles. The van der Waals surface area contributed by atoms with Crippen LogP contribution in [0.5, 0.6) is 0 Å². The van der Waals surface area contributed by atoms with Crippen LogP contribution in [0.1, 0.15) is 23.2 Å². The number of carbonyl (C=O) groups excluding carboxylic acids is 1. The fourth-order valence-electron chi connectivity index (χ4n) is 1.60. The maximum Gasteiger partial charge on any atom is 0.310 e. The van der Waals surface area contributed by atoms with Gasteiger partial charge < -0.3 is 4.74 Å². The van der Waals surface area contributed by atoms with E-state index in [0.717, 1.165) is 23.6 Å². The summed E-state index contributed by atoms with van der Waals surface area (Å²) in [6.45, 7) is 2.09. The molecule has 0 N–H and O–H groups in total. The number of hydrogen-bond donors (Lipinski definition) is 0. The minimum absolute atomic E-state index is 0.0953. The van der Waals surface area contributed by atoms with Crippen molar-refractivity contribution >= 4 is 17.3 Å². The van der Waals surface area contributed by atoms with Crippen LogP contribution >= 0.6 is 11.3 Å². The third kappa shape index (κ3) is 3.84. The van der Waals surface area contributed by atoms with E-state index in [9.17, 15) is 13.6 Å². The Morgan fingerprint density at radius 3 is 2.80 bits per heavy atom. The lowest BCUT2D eigenvalue weighted by atomic mass is 10.1. The number of esters is 1. The highest BCUT2D eigenvalue weighted by Crippen LogP contribution is 2.12. The van der Waals surface area contributed by atoms with Crippen molar-refractivity contribution in [1.29, 1.82) is 0 Å². The molecule has 0 radical (unpaired) electrons. The van der Waals surface area contributed by atoms with Crippen LogP contribution in [-0.2, 0) is 29.0 Å². The molecule has 2 aromatic rings. The average molecular weight is 297 g/mol. The molecule has 2 rings (SSSR count). The quantitative estimate of drug-likeness (QED) is 0.795. The van der Waals surface area contributed by atoms with E-state index in [1.54, 1.807) is 0 Å². The third-order valence-electron chi connectivity index (χ3n) is 2.62. The molecule has 0 aliphatic carbocycles. The van der Waals surface area contributed by atoms with Crippen LogP contribution < -0.4 is 0 Å². The minimum atomic E-state index is -0.970. The van der Waals surface area contributed by atoms with E-state index in [-0.39, 0.29) is 13.0 Å². The number of halogens is 2. The van der Waals surface area contributed by atoms with Gasteiger partial charge in [0.15, 0.2) is 11.6 Å². The van der Waals surface area contributed by atoms with E-state index >= 15 is 0 Å². The fourth-order valence-corrected chi connectivity index (χ4v) is 2.33. The summed E-state index contributed by atoms with van der Waals surface area (Å²) in [7, 11) is 0. The van der Waals surface area contributed by atoms with Crippen molar-refractivity contribution < 1.29 is 18.3 Å². The highest BCUT2D eigenvalue weighted by Gasteiger charge is 2.09. The summed E-state index contributed by atoms with van der Waals surface area (Å²) in [5.74, 6) is -2.40. The summed E-state index contributed by atoms with van der Waals surface area (Å²) in [4.78, 5) is 15.9. The third-order valence-corrected chi connectivity index (χ3v) is 3.66. The van der Waals surface area contributed by atoms with Gasteiger partial charge in [-0.1, -0.05) is 13.0 Å². The van der Waals surface area contributed by atoms with E-state index in [1.807, 2.05) is 12.3 Å². The zero-order valence-corrected chi connectivity index (χ0v) is 11.7. The standard InChI is InChI=1S/C14H13F2NO2S/c1-2-13-17-10(8-20-13)7-19-14(18)6-9-3-4-11(15)12(16)5-9/h3-5,8H,2,6-7H2,1H3. The molecule has 0 atom stereocenters. The van der Waals surface area contributed by atoms with Gasteiger partial charge in [0.05, 0.1) is 17.1 Å². The van der Waals surface area contributed by atoms with Gasteiger partial charge >= 0.3 is 5.97 Å². The molecule has 6 heteroatoms.